The summed E-state index contributed by atoms with van der Waals surface area (Å²) in [5.74, 6) is 0.745. The van der Waals surface area contributed by atoms with Gasteiger partial charge in [0.2, 0.25) is 0 Å². The van der Waals surface area contributed by atoms with Gasteiger partial charge >= 0.3 is 0 Å². The predicted octanol–water partition coefficient (Wildman–Crippen LogP) is 2.51. The number of hydrazone groups is 1. The average Bonchev–Trinajstić information content (AvgIpc) is 3.66. The smallest absolute Gasteiger partial charge is 0.254 e. The van der Waals surface area contributed by atoms with E-state index in [0.29, 0.717) is 17.5 Å². The Bertz CT molecular complexity index is 929. The number of aromatic nitrogens is 1. The lowest BCUT2D eigenvalue weighted by Crippen LogP contribution is -2.32. The van der Waals surface area contributed by atoms with Gasteiger partial charge in [-0.05, 0) is 74.2 Å². The van der Waals surface area contributed by atoms with Crippen LogP contribution >= 0.6 is 0 Å². The Morgan fingerprint density at radius 3 is 2.76 bits per heavy atom. The molecule has 4 aliphatic rings. The molecule has 0 aromatic carbocycles. The summed E-state index contributed by atoms with van der Waals surface area (Å²) in [6.45, 7) is 4.16. The van der Waals surface area contributed by atoms with E-state index in [-0.39, 0.29) is 5.91 Å². The van der Waals surface area contributed by atoms with Crippen molar-refractivity contribution in [2.45, 2.75) is 50.9 Å². The van der Waals surface area contributed by atoms with Crippen LogP contribution in [0.1, 0.15) is 67.0 Å². The average molecular weight is 393 g/mol. The molecule has 1 unspecified atom stereocenters. The van der Waals surface area contributed by atoms with Crippen LogP contribution in [0.3, 0.4) is 0 Å². The Hall–Kier alpha value is -2.67. The van der Waals surface area contributed by atoms with Crippen LogP contribution in [-0.2, 0) is 11.2 Å². The second-order valence-corrected chi connectivity index (χ2v) is 8.26. The number of aliphatic imine (C=N–C) groups is 1. The van der Waals surface area contributed by atoms with Crippen LogP contribution in [0.4, 0.5) is 0 Å². The van der Waals surface area contributed by atoms with E-state index in [0.717, 1.165) is 25.2 Å². The highest BCUT2D eigenvalue weighted by Crippen LogP contribution is 2.49. The molecule has 1 atom stereocenters. The molecule has 7 heteroatoms. The van der Waals surface area contributed by atoms with Crippen LogP contribution in [0.2, 0.25) is 0 Å². The molecule has 1 aromatic rings. The molecular weight excluding hydrogens is 364 g/mol. The third kappa shape index (κ3) is 3.67. The number of likely N-dealkylation sites (N-methyl/N-ethyl adjacent to an activating group) is 1. The van der Waals surface area contributed by atoms with Crippen molar-refractivity contribution in [1.29, 1.82) is 0 Å². The van der Waals surface area contributed by atoms with E-state index < -0.39 is 5.92 Å². The van der Waals surface area contributed by atoms with Gasteiger partial charge in [0.25, 0.3) is 5.91 Å². The van der Waals surface area contributed by atoms with Gasteiger partial charge < -0.3 is 15.6 Å². The molecule has 2 aliphatic carbocycles. The van der Waals surface area contributed by atoms with Gasteiger partial charge in [0, 0.05) is 30.0 Å². The Kier molecular flexibility index (Phi) is 4.83. The van der Waals surface area contributed by atoms with Crippen molar-refractivity contribution < 1.29 is 4.79 Å². The first-order chi connectivity index (χ1) is 14.3. The number of nitrogens with one attached hydrogen (secondary N) is 4. The van der Waals surface area contributed by atoms with Gasteiger partial charge in [-0.3, -0.25) is 9.79 Å². The van der Waals surface area contributed by atoms with E-state index in [4.69, 9.17) is 0 Å². The molecule has 0 radical (unpaired) electrons. The summed E-state index contributed by atoms with van der Waals surface area (Å²) in [6.07, 6.45) is 13.4. The van der Waals surface area contributed by atoms with Crippen molar-refractivity contribution in [3.8, 4) is 0 Å². The van der Waals surface area contributed by atoms with Gasteiger partial charge in [-0.25, -0.2) is 5.43 Å². The maximum absolute atomic E-state index is 12.1. The molecule has 29 heavy (non-hydrogen) atoms. The molecule has 0 saturated heterocycles. The van der Waals surface area contributed by atoms with Gasteiger partial charge in [0.15, 0.2) is 0 Å². The molecular formula is C22H28N6O. The molecule has 3 heterocycles. The lowest BCUT2D eigenvalue weighted by molar-refractivity contribution is -0.120. The fourth-order valence-corrected chi connectivity index (χ4v) is 4.33. The zero-order chi connectivity index (χ0) is 19.8. The van der Waals surface area contributed by atoms with Gasteiger partial charge in [-0.1, -0.05) is 6.92 Å². The number of hydrogen-bond donors (Lipinski definition) is 4. The molecule has 4 N–H and O–H groups in total. The number of carbonyl (C=O) groups is 1. The van der Waals surface area contributed by atoms with Gasteiger partial charge in [0.1, 0.15) is 5.92 Å². The Morgan fingerprint density at radius 2 is 2.07 bits per heavy atom. The van der Waals surface area contributed by atoms with Crippen LogP contribution < -0.4 is 16.1 Å². The molecule has 5 rings (SSSR count). The SMILES string of the molecule is CCNCCc1c(C2CC2)[nH]c(C=C2NC=CN=C2C2C=NNC2=O)c1C1CC1. The Labute approximate surface area is 170 Å². The second kappa shape index (κ2) is 7.63. The summed E-state index contributed by atoms with van der Waals surface area (Å²) < 4.78 is 0. The quantitative estimate of drug-likeness (QED) is 0.512. The summed E-state index contributed by atoms with van der Waals surface area (Å²) in [5, 5.41) is 10.7. The van der Waals surface area contributed by atoms with Crippen LogP contribution in [0.25, 0.3) is 6.08 Å². The standard InChI is InChI=1S/C22H28N6O/c1-2-23-8-7-15-19(13-3-4-13)17(27-20(15)14-5-6-14)11-18-21(25-10-9-24-18)16-12-26-28-22(16)29/h9-14,16,23-24,27H,2-8H2,1H3,(H,28,29). The highest BCUT2D eigenvalue weighted by molar-refractivity contribution is 6.24. The first kappa shape index (κ1) is 18.4. The van der Waals surface area contributed by atoms with E-state index in [1.165, 1.54) is 48.2 Å². The largest absolute Gasteiger partial charge is 0.359 e. The number of hydrogen-bond acceptors (Lipinski definition) is 5. The van der Waals surface area contributed by atoms with Crippen LogP contribution in [0, 0.1) is 5.92 Å². The number of rotatable bonds is 8. The first-order valence-corrected chi connectivity index (χ1v) is 10.8. The summed E-state index contributed by atoms with van der Waals surface area (Å²) in [7, 11) is 0. The van der Waals surface area contributed by atoms with E-state index in [9.17, 15) is 4.79 Å². The second-order valence-electron chi connectivity index (χ2n) is 8.26. The zero-order valence-electron chi connectivity index (χ0n) is 16.8. The molecule has 2 saturated carbocycles. The zero-order valence-corrected chi connectivity index (χ0v) is 16.8. The third-order valence-electron chi connectivity index (χ3n) is 6.05. The number of carbonyl (C=O) groups excluding carboxylic acids is 1. The van der Waals surface area contributed by atoms with Crippen LogP contribution in [0.5, 0.6) is 0 Å². The fourth-order valence-electron chi connectivity index (χ4n) is 4.33. The summed E-state index contributed by atoms with van der Waals surface area (Å²) in [5.41, 5.74) is 9.71. The molecule has 2 aliphatic heterocycles. The first-order valence-electron chi connectivity index (χ1n) is 10.8. The van der Waals surface area contributed by atoms with E-state index >= 15 is 0 Å². The summed E-state index contributed by atoms with van der Waals surface area (Å²) in [6, 6.07) is 0. The monoisotopic (exact) mass is 392 g/mol. The summed E-state index contributed by atoms with van der Waals surface area (Å²) in [4.78, 5) is 20.4. The Balaban J connectivity index is 1.52. The topological polar surface area (TPSA) is 93.7 Å². The van der Waals surface area contributed by atoms with Gasteiger partial charge in [0.05, 0.1) is 11.4 Å². The minimum Gasteiger partial charge on any atom is -0.359 e. The molecule has 1 amide bonds. The number of nitrogens with zero attached hydrogens (tertiary/aromatic N) is 2. The molecule has 0 bridgehead atoms. The van der Waals surface area contributed by atoms with Crippen molar-refractivity contribution >= 4 is 23.9 Å². The number of allylic oxidation sites excluding steroid dienone is 1. The molecule has 152 valence electrons. The molecule has 0 spiro atoms. The molecule has 7 nitrogen and oxygen atoms in total. The van der Waals surface area contributed by atoms with E-state index in [1.54, 1.807) is 12.4 Å². The maximum atomic E-state index is 12.1. The summed E-state index contributed by atoms with van der Waals surface area (Å²) >= 11 is 0. The van der Waals surface area contributed by atoms with Crippen molar-refractivity contribution in [1.82, 2.24) is 21.0 Å². The van der Waals surface area contributed by atoms with E-state index in [1.807, 2.05) is 6.20 Å². The molecule has 1 aromatic heterocycles. The highest BCUT2D eigenvalue weighted by Gasteiger charge is 2.36. The molecule has 2 fully saturated rings. The van der Waals surface area contributed by atoms with Gasteiger partial charge in [-0.2, -0.15) is 5.10 Å². The lowest BCUT2D eigenvalue weighted by atomic mass is 9.97. The highest BCUT2D eigenvalue weighted by atomic mass is 16.2. The normalized spacial score (nSPS) is 24.7. The predicted molar refractivity (Wildman–Crippen MR) is 115 cm³/mol. The lowest BCUT2D eigenvalue weighted by Gasteiger charge is -2.16. The van der Waals surface area contributed by atoms with Crippen LogP contribution in [-0.4, -0.2) is 35.9 Å². The number of H-pyrrole nitrogens is 1. The van der Waals surface area contributed by atoms with Crippen molar-refractivity contribution in [2.24, 2.45) is 16.0 Å². The minimum atomic E-state index is -0.450. The van der Waals surface area contributed by atoms with E-state index in [2.05, 4.69) is 44.1 Å². The van der Waals surface area contributed by atoms with Crippen molar-refractivity contribution in [3.63, 3.8) is 0 Å². The van der Waals surface area contributed by atoms with Crippen LogP contribution in [0.15, 0.2) is 28.2 Å². The third-order valence-corrected chi connectivity index (χ3v) is 6.05. The number of amides is 1. The minimum absolute atomic E-state index is 0.134. The van der Waals surface area contributed by atoms with Crippen molar-refractivity contribution in [3.05, 3.63) is 40.6 Å². The maximum Gasteiger partial charge on any atom is 0.254 e. The Morgan fingerprint density at radius 1 is 1.24 bits per heavy atom. The van der Waals surface area contributed by atoms with Gasteiger partial charge in [-0.15, -0.1) is 0 Å². The number of aromatic amines is 1. The van der Waals surface area contributed by atoms with Crippen molar-refractivity contribution in [2.75, 3.05) is 13.1 Å². The fraction of sp³-hybridized carbons (Fsp3) is 0.500.